The fourth-order valence-corrected chi connectivity index (χ4v) is 8.24. The molecule has 5 aliphatic rings. The van der Waals surface area contributed by atoms with E-state index in [0.717, 1.165) is 44.9 Å². The first kappa shape index (κ1) is 39.1. The first-order chi connectivity index (χ1) is 25.0. The zero-order valence-electron chi connectivity index (χ0n) is 33.6. The predicted octanol–water partition coefficient (Wildman–Crippen LogP) is 8.85. The lowest BCUT2D eigenvalue weighted by atomic mass is 9.81. The van der Waals surface area contributed by atoms with E-state index in [0.29, 0.717) is 54.3 Å². The number of rotatable bonds is 15. The van der Waals surface area contributed by atoms with Crippen LogP contribution < -0.4 is 14.5 Å². The Kier molecular flexibility index (Phi) is 11.2. The highest BCUT2D eigenvalue weighted by Crippen LogP contribution is 2.45. The van der Waals surface area contributed by atoms with Gasteiger partial charge in [0.05, 0.1) is 11.6 Å². The van der Waals surface area contributed by atoms with Gasteiger partial charge in [0, 0.05) is 49.6 Å². The molecule has 0 N–H and O–H groups in total. The Morgan fingerprint density at radius 2 is 1.79 bits per heavy atom. The quantitative estimate of drug-likeness (QED) is 0.168. The molecule has 1 aromatic rings. The van der Waals surface area contributed by atoms with Crippen molar-refractivity contribution in [3.05, 3.63) is 47.4 Å². The van der Waals surface area contributed by atoms with E-state index in [2.05, 4.69) is 39.8 Å². The molecule has 53 heavy (non-hydrogen) atoms. The molecule has 0 aromatic heterocycles. The molecule has 2 heterocycles. The van der Waals surface area contributed by atoms with Crippen molar-refractivity contribution in [2.75, 3.05) is 29.4 Å². The Morgan fingerprint density at radius 3 is 2.40 bits per heavy atom. The maximum absolute atomic E-state index is 14.8. The Balaban J connectivity index is 1.22. The highest BCUT2D eigenvalue weighted by atomic mass is 16.6. The number of carbonyl (C=O) groups excluding carboxylic acids is 4. The summed E-state index contributed by atoms with van der Waals surface area (Å²) in [5.74, 6) is 2.36. The van der Waals surface area contributed by atoms with E-state index < -0.39 is 29.1 Å². The SMILES string of the molecule is CC[C]1C=C1C[C@H](CCC(=O)[C@H]1C[C@@H](C(=O)N(c2ccc3c(c2)N(CCC2=CC2CC)C(=O)C(C)(C)O3)C2CC2)CN(C(=O)OC(C)(C)C)C1)C(C)C. The fraction of sp³-hybridized carbons (Fsp3) is 0.659. The van der Waals surface area contributed by atoms with Crippen LogP contribution in [-0.4, -0.2) is 65.5 Å². The normalized spacial score (nSPS) is 24.2. The number of piperidine rings is 1. The number of likely N-dealkylation sites (tertiary alicyclic amines) is 1. The summed E-state index contributed by atoms with van der Waals surface area (Å²) >= 11 is 0. The van der Waals surface area contributed by atoms with E-state index in [1.54, 1.807) is 18.7 Å². The summed E-state index contributed by atoms with van der Waals surface area (Å²) in [6, 6.07) is 5.74. The summed E-state index contributed by atoms with van der Waals surface area (Å²) in [5.41, 5.74) is 2.51. The molecule has 9 heteroatoms. The van der Waals surface area contributed by atoms with Crippen LogP contribution in [0.1, 0.15) is 120 Å². The molecule has 2 aliphatic heterocycles. The monoisotopic (exact) mass is 728 g/mol. The maximum atomic E-state index is 14.8. The summed E-state index contributed by atoms with van der Waals surface area (Å²) in [5, 5.41) is 0. The van der Waals surface area contributed by atoms with Crippen molar-refractivity contribution in [2.45, 2.75) is 137 Å². The van der Waals surface area contributed by atoms with Crippen molar-refractivity contribution in [2.24, 2.45) is 29.6 Å². The summed E-state index contributed by atoms with van der Waals surface area (Å²) in [6.45, 7) is 18.9. The number of ether oxygens (including phenoxy) is 2. The van der Waals surface area contributed by atoms with E-state index in [9.17, 15) is 19.2 Å². The zero-order valence-corrected chi connectivity index (χ0v) is 33.6. The predicted molar refractivity (Wildman–Crippen MR) is 209 cm³/mol. The van der Waals surface area contributed by atoms with Gasteiger partial charge in [0.25, 0.3) is 5.91 Å². The number of allylic oxidation sites excluding steroid dienone is 3. The van der Waals surface area contributed by atoms with Crippen molar-refractivity contribution >= 4 is 35.1 Å². The lowest BCUT2D eigenvalue weighted by Gasteiger charge is -2.40. The van der Waals surface area contributed by atoms with E-state index in [-0.39, 0.29) is 36.7 Å². The number of hydrogen-bond acceptors (Lipinski definition) is 6. The number of benzene rings is 1. The number of hydrogen-bond donors (Lipinski definition) is 0. The summed E-state index contributed by atoms with van der Waals surface area (Å²) in [4.78, 5) is 61.3. The minimum atomic E-state index is -1.00. The molecule has 1 radical (unpaired) electrons. The molecule has 6 rings (SSSR count). The van der Waals surface area contributed by atoms with Crippen molar-refractivity contribution in [3.8, 4) is 5.75 Å². The average Bonchev–Trinajstić information content (AvgIpc) is 3.98. The first-order valence-corrected chi connectivity index (χ1v) is 20.3. The van der Waals surface area contributed by atoms with Gasteiger partial charge < -0.3 is 24.2 Å². The molecule has 1 unspecified atom stereocenters. The van der Waals surface area contributed by atoms with Crippen LogP contribution in [0.4, 0.5) is 16.2 Å². The van der Waals surface area contributed by atoms with Crippen LogP contribution in [-0.2, 0) is 19.1 Å². The lowest BCUT2D eigenvalue weighted by Crippen LogP contribution is -2.53. The van der Waals surface area contributed by atoms with E-state index in [1.807, 2.05) is 48.8 Å². The highest BCUT2D eigenvalue weighted by Gasteiger charge is 2.45. The van der Waals surface area contributed by atoms with Gasteiger partial charge in [-0.2, -0.15) is 0 Å². The topological polar surface area (TPSA) is 96.5 Å². The molecule has 1 aromatic carbocycles. The maximum Gasteiger partial charge on any atom is 0.410 e. The molecule has 9 nitrogen and oxygen atoms in total. The number of fused-ring (bicyclic) bond motifs is 1. The lowest BCUT2D eigenvalue weighted by molar-refractivity contribution is -0.132. The van der Waals surface area contributed by atoms with E-state index in [4.69, 9.17) is 9.47 Å². The first-order valence-electron chi connectivity index (χ1n) is 20.3. The van der Waals surface area contributed by atoms with Gasteiger partial charge in [0.15, 0.2) is 5.60 Å². The van der Waals surface area contributed by atoms with Gasteiger partial charge in [-0.3, -0.25) is 14.4 Å². The Bertz CT molecular complexity index is 1650. The van der Waals surface area contributed by atoms with E-state index in [1.165, 1.54) is 17.1 Å². The minimum Gasteiger partial charge on any atom is -0.476 e. The van der Waals surface area contributed by atoms with Crippen LogP contribution in [0, 0.1) is 35.5 Å². The smallest absolute Gasteiger partial charge is 0.410 e. The standard InChI is InChI=1S/C44H62N3O6/c1-10-28-20-31(28)18-19-46-37-24-36(15-17-39(37)52-44(8,9)41(46)50)47(35-13-14-35)40(49)34-23-33(25-45(26-34)42(51)53-43(5,6)7)38(48)16-12-30(27(3)4)22-32-21-29(32)11-2/h15,17,20-21,24,27-28,30,33-35H,10-14,16,18-19,22-23,25-26H2,1-9H3/t28?,30-,33-,34+/m0/s1. The second-order valence-corrected chi connectivity index (χ2v) is 17.9. The molecule has 289 valence electrons. The van der Waals surface area contributed by atoms with Crippen LogP contribution in [0.5, 0.6) is 5.75 Å². The number of anilines is 2. The van der Waals surface area contributed by atoms with Crippen molar-refractivity contribution in [1.29, 1.82) is 0 Å². The second-order valence-electron chi connectivity index (χ2n) is 17.9. The van der Waals surface area contributed by atoms with Gasteiger partial charge in [-0.05, 0) is 122 Å². The molecular weight excluding hydrogens is 666 g/mol. The third kappa shape index (κ3) is 9.20. The summed E-state index contributed by atoms with van der Waals surface area (Å²) in [7, 11) is 0. The average molecular weight is 729 g/mol. The molecule has 2 fully saturated rings. The second kappa shape index (κ2) is 15.3. The summed E-state index contributed by atoms with van der Waals surface area (Å²) < 4.78 is 12.0. The Hall–Kier alpha value is -3.62. The number of Topliss-reactive ketones (excluding diaryl/α,β-unsaturated/α-hetero) is 1. The van der Waals surface area contributed by atoms with Crippen molar-refractivity contribution in [1.82, 2.24) is 4.90 Å². The molecule has 1 saturated carbocycles. The van der Waals surface area contributed by atoms with Crippen LogP contribution >= 0.6 is 0 Å². The molecule has 3 aliphatic carbocycles. The molecular formula is C44H62N3O6. The molecule has 4 atom stereocenters. The fourth-order valence-electron chi connectivity index (χ4n) is 8.24. The molecule has 0 spiro atoms. The van der Waals surface area contributed by atoms with Crippen LogP contribution in [0.2, 0.25) is 0 Å². The third-order valence-corrected chi connectivity index (χ3v) is 11.8. The van der Waals surface area contributed by atoms with Gasteiger partial charge in [-0.1, -0.05) is 51.0 Å². The van der Waals surface area contributed by atoms with Crippen molar-refractivity contribution in [3.63, 3.8) is 0 Å². The Morgan fingerprint density at radius 1 is 1.08 bits per heavy atom. The highest BCUT2D eigenvalue weighted by molar-refractivity contribution is 6.04. The zero-order chi connectivity index (χ0) is 38.4. The van der Waals surface area contributed by atoms with Crippen LogP contribution in [0.15, 0.2) is 41.5 Å². The number of carbonyl (C=O) groups is 4. The molecule has 3 amide bonds. The summed E-state index contributed by atoms with van der Waals surface area (Å²) in [6.07, 6.45) is 11.4. The van der Waals surface area contributed by atoms with Gasteiger partial charge in [-0.25, -0.2) is 4.79 Å². The van der Waals surface area contributed by atoms with Gasteiger partial charge in [0.2, 0.25) is 5.91 Å². The number of nitrogens with zero attached hydrogens (tertiary/aromatic N) is 3. The number of amides is 3. The third-order valence-electron chi connectivity index (χ3n) is 11.8. The van der Waals surface area contributed by atoms with Crippen LogP contribution in [0.25, 0.3) is 0 Å². The molecule has 1 saturated heterocycles. The number of ketones is 1. The van der Waals surface area contributed by atoms with Crippen molar-refractivity contribution < 1.29 is 28.7 Å². The van der Waals surface area contributed by atoms with Gasteiger partial charge >= 0.3 is 6.09 Å². The van der Waals surface area contributed by atoms with E-state index >= 15 is 0 Å². The van der Waals surface area contributed by atoms with Gasteiger partial charge in [-0.15, -0.1) is 0 Å². The van der Waals surface area contributed by atoms with Crippen LogP contribution in [0.3, 0.4) is 0 Å². The van der Waals surface area contributed by atoms with Gasteiger partial charge in [0.1, 0.15) is 17.1 Å². The molecule has 0 bridgehead atoms. The largest absolute Gasteiger partial charge is 0.476 e. The Labute approximate surface area is 317 Å². The minimum absolute atomic E-state index is 0.0204.